The zero-order valence-electron chi connectivity index (χ0n) is 20.8. The second-order valence-corrected chi connectivity index (χ2v) is 12.2. The molecule has 0 aliphatic carbocycles. The smallest absolute Gasteiger partial charge is 0.136 e. The third-order valence-electron chi connectivity index (χ3n) is 7.91. The van der Waals surface area contributed by atoms with E-state index < -0.39 is 0 Å². The van der Waals surface area contributed by atoms with Crippen molar-refractivity contribution >= 4 is 87.7 Å². The minimum absolute atomic E-state index is 0.937. The number of hydrogen-bond donors (Lipinski definition) is 0. The van der Waals surface area contributed by atoms with Gasteiger partial charge in [0.2, 0.25) is 0 Å². The first-order valence-electron chi connectivity index (χ1n) is 13.0. The Bertz CT molecular complexity index is 2200. The van der Waals surface area contributed by atoms with Crippen LogP contribution in [-0.4, -0.2) is 0 Å². The molecule has 3 heterocycles. The highest BCUT2D eigenvalue weighted by atomic mass is 32.1. The summed E-state index contributed by atoms with van der Waals surface area (Å²) in [6, 6.07) is 40.3. The maximum atomic E-state index is 6.43. The Labute approximate surface area is 232 Å². The first-order valence-corrected chi connectivity index (χ1v) is 14.8. The molecule has 0 aliphatic rings. The molecule has 3 aromatic heterocycles. The molecule has 39 heavy (non-hydrogen) atoms. The summed E-state index contributed by atoms with van der Waals surface area (Å²) in [5.41, 5.74) is 4.42. The fourth-order valence-corrected chi connectivity index (χ4v) is 7.41. The molecule has 0 saturated carbocycles. The Balaban J connectivity index is 1.25. The molecule has 0 saturated heterocycles. The predicted octanol–water partition coefficient (Wildman–Crippen LogP) is 11.7. The first kappa shape index (κ1) is 21.5. The highest BCUT2D eigenvalue weighted by Gasteiger charge is 2.12. The van der Waals surface area contributed by atoms with E-state index in [1.54, 1.807) is 22.7 Å². The summed E-state index contributed by atoms with van der Waals surface area (Å²) in [7, 11) is 0. The van der Waals surface area contributed by atoms with Gasteiger partial charge in [-0.1, -0.05) is 36.4 Å². The third-order valence-corrected chi connectivity index (χ3v) is 9.75. The summed E-state index contributed by atoms with van der Waals surface area (Å²) in [6.07, 6.45) is 0. The lowest BCUT2D eigenvalue weighted by Crippen LogP contribution is -1.80. The quantitative estimate of drug-likeness (QED) is 0.202. The lowest BCUT2D eigenvalue weighted by molar-refractivity contribution is 0.670. The molecule has 0 spiro atoms. The van der Waals surface area contributed by atoms with E-state index in [0.29, 0.717) is 0 Å². The van der Waals surface area contributed by atoms with Crippen molar-refractivity contribution in [2.75, 3.05) is 0 Å². The van der Waals surface area contributed by atoms with Crippen LogP contribution in [0.15, 0.2) is 124 Å². The zero-order valence-corrected chi connectivity index (χ0v) is 22.4. The van der Waals surface area contributed by atoms with Crippen LogP contribution in [0.5, 0.6) is 0 Å². The van der Waals surface area contributed by atoms with Gasteiger partial charge in [-0.15, -0.1) is 22.7 Å². The van der Waals surface area contributed by atoms with Crippen LogP contribution in [0, 0.1) is 0 Å². The Kier molecular flexibility index (Phi) is 4.43. The molecule has 0 radical (unpaired) electrons. The van der Waals surface area contributed by atoms with Crippen molar-refractivity contribution in [3.05, 3.63) is 120 Å². The van der Waals surface area contributed by atoms with Crippen molar-refractivity contribution in [1.29, 1.82) is 0 Å². The second kappa shape index (κ2) is 8.03. The van der Waals surface area contributed by atoms with E-state index in [4.69, 9.17) is 4.42 Å². The Hall–Kier alpha value is -4.44. The van der Waals surface area contributed by atoms with Gasteiger partial charge in [0.05, 0.1) is 0 Å². The molecule has 0 N–H and O–H groups in total. The van der Waals surface area contributed by atoms with Gasteiger partial charge in [-0.05, 0) is 138 Å². The van der Waals surface area contributed by atoms with Gasteiger partial charge < -0.3 is 4.42 Å². The molecule has 0 amide bonds. The molecule has 6 aromatic carbocycles. The van der Waals surface area contributed by atoms with Crippen molar-refractivity contribution in [2.45, 2.75) is 0 Å². The number of benzene rings is 6. The SMILES string of the molecule is c1csc(-c2ccc3cc4cc5oc6cc7cc8ccc(-c9cccs9)cc8cc7cc6c5cc4cc3c2)c1. The van der Waals surface area contributed by atoms with Gasteiger partial charge in [0.1, 0.15) is 11.2 Å². The van der Waals surface area contributed by atoms with Crippen molar-refractivity contribution in [3.63, 3.8) is 0 Å². The Morgan fingerprint density at radius 1 is 0.385 bits per heavy atom. The maximum absolute atomic E-state index is 6.43. The third kappa shape index (κ3) is 3.37. The van der Waals surface area contributed by atoms with Gasteiger partial charge in [-0.3, -0.25) is 0 Å². The van der Waals surface area contributed by atoms with Crippen LogP contribution in [-0.2, 0) is 0 Å². The average molecular weight is 533 g/mol. The lowest BCUT2D eigenvalue weighted by atomic mass is 9.98. The molecule has 0 bridgehead atoms. The summed E-state index contributed by atoms with van der Waals surface area (Å²) in [5.74, 6) is 0. The molecule has 0 atom stereocenters. The monoisotopic (exact) mass is 532 g/mol. The largest absolute Gasteiger partial charge is 0.456 e. The summed E-state index contributed by atoms with van der Waals surface area (Å²) in [5, 5.41) is 16.5. The first-order chi connectivity index (χ1) is 19.2. The summed E-state index contributed by atoms with van der Waals surface area (Å²) >= 11 is 3.56. The molecular weight excluding hydrogens is 513 g/mol. The van der Waals surface area contributed by atoms with Crippen molar-refractivity contribution < 1.29 is 4.42 Å². The van der Waals surface area contributed by atoms with Gasteiger partial charge in [0.25, 0.3) is 0 Å². The average Bonchev–Trinajstić information content (AvgIpc) is 3.74. The molecule has 9 aromatic rings. The van der Waals surface area contributed by atoms with E-state index in [1.807, 2.05) is 0 Å². The molecule has 1 nitrogen and oxygen atoms in total. The molecule has 0 unspecified atom stereocenters. The topological polar surface area (TPSA) is 13.1 Å². The van der Waals surface area contributed by atoms with Crippen LogP contribution < -0.4 is 0 Å². The summed E-state index contributed by atoms with van der Waals surface area (Å²) in [4.78, 5) is 2.60. The van der Waals surface area contributed by atoms with Crippen LogP contribution >= 0.6 is 22.7 Å². The predicted molar refractivity (Wildman–Crippen MR) is 170 cm³/mol. The number of rotatable bonds is 2. The van der Waals surface area contributed by atoms with Crippen LogP contribution in [0.4, 0.5) is 0 Å². The van der Waals surface area contributed by atoms with Crippen molar-refractivity contribution in [1.82, 2.24) is 0 Å². The Morgan fingerprint density at radius 3 is 1.28 bits per heavy atom. The van der Waals surface area contributed by atoms with Gasteiger partial charge >= 0.3 is 0 Å². The van der Waals surface area contributed by atoms with Crippen LogP contribution in [0.3, 0.4) is 0 Å². The van der Waals surface area contributed by atoms with Gasteiger partial charge in [-0.2, -0.15) is 0 Å². The van der Waals surface area contributed by atoms with E-state index in [9.17, 15) is 0 Å². The van der Waals surface area contributed by atoms with E-state index in [2.05, 4.69) is 120 Å². The summed E-state index contributed by atoms with van der Waals surface area (Å²) in [6.45, 7) is 0. The fourth-order valence-electron chi connectivity index (χ4n) is 5.96. The van der Waals surface area contributed by atoms with Crippen LogP contribution in [0.1, 0.15) is 0 Å². The van der Waals surface area contributed by atoms with E-state index in [-0.39, 0.29) is 0 Å². The Morgan fingerprint density at radius 2 is 0.821 bits per heavy atom. The second-order valence-electron chi connectivity index (χ2n) is 10.3. The fraction of sp³-hybridized carbons (Fsp3) is 0. The van der Waals surface area contributed by atoms with E-state index in [1.165, 1.54) is 74.7 Å². The number of furan rings is 1. The zero-order chi connectivity index (χ0) is 25.5. The van der Waals surface area contributed by atoms with Gasteiger partial charge in [0, 0.05) is 20.5 Å². The normalized spacial score (nSPS) is 12.1. The standard InChI is InChI=1S/C36H20OS2/c1-3-35(38-9-1)23-7-5-21-11-29-19-33-31(17-27(29)15-25(21)13-23)32-18-28-16-26-14-24(36-4-2-10-39-36)8-6-22(26)12-30(28)20-34(32)37-33/h1-20H. The molecule has 0 aliphatic heterocycles. The molecule has 0 fully saturated rings. The minimum Gasteiger partial charge on any atom is -0.456 e. The van der Waals surface area contributed by atoms with Gasteiger partial charge in [0.15, 0.2) is 0 Å². The number of fused-ring (bicyclic) bond motifs is 7. The maximum Gasteiger partial charge on any atom is 0.136 e. The number of thiophene rings is 2. The van der Waals surface area contributed by atoms with E-state index >= 15 is 0 Å². The van der Waals surface area contributed by atoms with Crippen molar-refractivity contribution in [3.8, 4) is 20.9 Å². The van der Waals surface area contributed by atoms with Crippen LogP contribution in [0.2, 0.25) is 0 Å². The highest BCUT2D eigenvalue weighted by molar-refractivity contribution is 7.13. The number of hydrogen-bond acceptors (Lipinski definition) is 3. The van der Waals surface area contributed by atoms with Crippen LogP contribution in [0.25, 0.3) is 85.9 Å². The van der Waals surface area contributed by atoms with E-state index in [0.717, 1.165) is 11.2 Å². The molecule has 182 valence electrons. The minimum atomic E-state index is 0.937. The molecular formula is C36H20OS2. The molecule has 3 heteroatoms. The summed E-state index contributed by atoms with van der Waals surface area (Å²) < 4.78 is 6.43. The highest BCUT2D eigenvalue weighted by Crippen LogP contribution is 2.38. The lowest BCUT2D eigenvalue weighted by Gasteiger charge is -2.06. The van der Waals surface area contributed by atoms with Crippen molar-refractivity contribution in [2.24, 2.45) is 0 Å². The molecule has 9 rings (SSSR count). The van der Waals surface area contributed by atoms with Gasteiger partial charge in [-0.25, -0.2) is 0 Å².